The summed E-state index contributed by atoms with van der Waals surface area (Å²) >= 11 is 12.5. The molecule has 11 heteroatoms. The van der Waals surface area contributed by atoms with Crippen LogP contribution in [0.15, 0.2) is 71.6 Å². The van der Waals surface area contributed by atoms with E-state index in [4.69, 9.17) is 27.9 Å². The highest BCUT2D eigenvalue weighted by molar-refractivity contribution is 7.92. The number of hydrogen-bond donors (Lipinski definition) is 1. The molecule has 1 atom stereocenters. The van der Waals surface area contributed by atoms with Crippen LogP contribution in [0.25, 0.3) is 0 Å². The molecule has 0 aliphatic carbocycles. The lowest BCUT2D eigenvalue weighted by Gasteiger charge is -2.33. The number of sulfonamides is 1. The van der Waals surface area contributed by atoms with Crippen LogP contribution in [0.5, 0.6) is 5.75 Å². The zero-order valence-corrected chi connectivity index (χ0v) is 26.3. The molecule has 8 nitrogen and oxygen atoms in total. The lowest BCUT2D eigenvalue weighted by molar-refractivity contribution is -0.140. The number of ether oxygens (including phenoxy) is 1. The van der Waals surface area contributed by atoms with Gasteiger partial charge in [0.25, 0.3) is 10.0 Å². The second-order valence-electron chi connectivity index (χ2n) is 10.7. The summed E-state index contributed by atoms with van der Waals surface area (Å²) in [5, 5.41) is 3.63. The first-order valence-corrected chi connectivity index (χ1v) is 15.1. The fourth-order valence-electron chi connectivity index (χ4n) is 4.00. The van der Waals surface area contributed by atoms with Gasteiger partial charge in [-0.25, -0.2) is 8.42 Å². The standard InChI is InChI=1S/C30H35Cl2N3O5S/c1-20-7-15-26(16-8-20)41(38,39)35(24-11-13-25(40-6)14-12-24)19-28(36)34(21(2)29(37)33-30(3,4)5)18-22-9-10-23(31)17-27(22)32/h7-17,21H,18-19H2,1-6H3,(H,33,37)/t21-/m0/s1. The number of benzene rings is 3. The van der Waals surface area contributed by atoms with Gasteiger partial charge in [-0.05, 0) is 88.7 Å². The van der Waals surface area contributed by atoms with Gasteiger partial charge in [-0.3, -0.25) is 13.9 Å². The Hall–Kier alpha value is -3.27. The number of hydrogen-bond acceptors (Lipinski definition) is 5. The molecule has 0 aliphatic rings. The monoisotopic (exact) mass is 619 g/mol. The van der Waals surface area contributed by atoms with Crippen molar-refractivity contribution in [2.75, 3.05) is 18.0 Å². The Kier molecular flexibility index (Phi) is 10.3. The Morgan fingerprint density at radius 3 is 2.12 bits per heavy atom. The van der Waals surface area contributed by atoms with Gasteiger partial charge in [0, 0.05) is 22.1 Å². The molecular formula is C30H35Cl2N3O5S. The summed E-state index contributed by atoms with van der Waals surface area (Å²) in [4.78, 5) is 28.6. The van der Waals surface area contributed by atoms with E-state index in [0.29, 0.717) is 21.4 Å². The van der Waals surface area contributed by atoms with E-state index >= 15 is 0 Å². The highest BCUT2D eigenvalue weighted by Gasteiger charge is 2.33. The normalized spacial score (nSPS) is 12.4. The molecule has 2 amide bonds. The quantitative estimate of drug-likeness (QED) is 0.308. The number of carbonyl (C=O) groups is 2. The third-order valence-corrected chi connectivity index (χ3v) is 8.64. The summed E-state index contributed by atoms with van der Waals surface area (Å²) in [6.45, 7) is 8.33. The summed E-state index contributed by atoms with van der Waals surface area (Å²) in [5.41, 5.74) is 1.15. The maximum atomic E-state index is 14.0. The average Bonchev–Trinajstić information content (AvgIpc) is 2.90. The molecule has 3 aromatic rings. The summed E-state index contributed by atoms with van der Waals surface area (Å²) in [6.07, 6.45) is 0. The van der Waals surface area contributed by atoms with Gasteiger partial charge in [0.2, 0.25) is 11.8 Å². The molecular weight excluding hydrogens is 585 g/mol. The van der Waals surface area contributed by atoms with Crippen LogP contribution in [-0.4, -0.2) is 50.4 Å². The summed E-state index contributed by atoms with van der Waals surface area (Å²) in [7, 11) is -2.68. The minimum atomic E-state index is -4.18. The van der Waals surface area contributed by atoms with E-state index in [2.05, 4.69) is 5.32 Å². The van der Waals surface area contributed by atoms with E-state index in [1.807, 2.05) is 27.7 Å². The van der Waals surface area contributed by atoms with Crippen LogP contribution in [-0.2, 0) is 26.2 Å². The third-order valence-electron chi connectivity index (χ3n) is 6.27. The van der Waals surface area contributed by atoms with Gasteiger partial charge < -0.3 is 15.0 Å². The molecule has 0 fully saturated rings. The predicted octanol–water partition coefficient (Wildman–Crippen LogP) is 5.84. The Bertz CT molecular complexity index is 1490. The molecule has 1 N–H and O–H groups in total. The van der Waals surface area contributed by atoms with Crippen LogP contribution in [0.3, 0.4) is 0 Å². The maximum absolute atomic E-state index is 14.0. The van der Waals surface area contributed by atoms with Crippen molar-refractivity contribution in [2.24, 2.45) is 0 Å². The van der Waals surface area contributed by atoms with Gasteiger partial charge in [0.1, 0.15) is 18.3 Å². The van der Waals surface area contributed by atoms with Gasteiger partial charge in [-0.15, -0.1) is 0 Å². The van der Waals surface area contributed by atoms with E-state index in [1.165, 1.54) is 24.1 Å². The molecule has 0 aliphatic heterocycles. The van der Waals surface area contributed by atoms with Gasteiger partial charge in [-0.1, -0.05) is 47.0 Å². The van der Waals surface area contributed by atoms with Crippen LogP contribution in [0.1, 0.15) is 38.8 Å². The van der Waals surface area contributed by atoms with Crippen molar-refractivity contribution in [2.45, 2.75) is 57.6 Å². The smallest absolute Gasteiger partial charge is 0.264 e. The highest BCUT2D eigenvalue weighted by Crippen LogP contribution is 2.28. The number of methoxy groups -OCH3 is 1. The number of aryl methyl sites for hydroxylation is 1. The summed E-state index contributed by atoms with van der Waals surface area (Å²) in [6, 6.07) is 16.6. The number of anilines is 1. The maximum Gasteiger partial charge on any atom is 0.264 e. The van der Waals surface area contributed by atoms with E-state index in [0.717, 1.165) is 9.87 Å². The van der Waals surface area contributed by atoms with E-state index in [9.17, 15) is 18.0 Å². The summed E-state index contributed by atoms with van der Waals surface area (Å²) < 4.78 is 34.1. The fraction of sp³-hybridized carbons (Fsp3) is 0.333. The molecule has 0 unspecified atom stereocenters. The van der Waals surface area contributed by atoms with Crippen molar-refractivity contribution in [1.29, 1.82) is 0 Å². The van der Waals surface area contributed by atoms with Crippen LogP contribution in [0.2, 0.25) is 10.0 Å². The van der Waals surface area contributed by atoms with E-state index in [-0.39, 0.29) is 17.1 Å². The number of carbonyl (C=O) groups excluding carboxylic acids is 2. The topological polar surface area (TPSA) is 96.0 Å². The third kappa shape index (κ3) is 8.38. The van der Waals surface area contributed by atoms with Gasteiger partial charge in [-0.2, -0.15) is 0 Å². The highest BCUT2D eigenvalue weighted by atomic mass is 35.5. The Balaban J connectivity index is 2.06. The molecule has 3 aromatic carbocycles. The molecule has 0 heterocycles. The van der Waals surface area contributed by atoms with Crippen LogP contribution in [0, 0.1) is 6.92 Å². The minimum Gasteiger partial charge on any atom is -0.497 e. The summed E-state index contributed by atoms with van der Waals surface area (Å²) in [5.74, 6) is -0.466. The Morgan fingerprint density at radius 1 is 0.976 bits per heavy atom. The first kappa shape index (κ1) is 32.2. The van der Waals surface area contributed by atoms with Crippen molar-refractivity contribution in [1.82, 2.24) is 10.2 Å². The first-order chi connectivity index (χ1) is 19.1. The van der Waals surface area contributed by atoms with Crippen molar-refractivity contribution in [3.63, 3.8) is 0 Å². The number of halogens is 2. The molecule has 0 bridgehead atoms. The lowest BCUT2D eigenvalue weighted by Crippen LogP contribution is -2.54. The molecule has 0 saturated heterocycles. The van der Waals surface area contributed by atoms with Crippen LogP contribution >= 0.6 is 23.2 Å². The van der Waals surface area contributed by atoms with Gasteiger partial charge >= 0.3 is 0 Å². The van der Waals surface area contributed by atoms with E-state index in [1.54, 1.807) is 61.5 Å². The molecule has 41 heavy (non-hydrogen) atoms. The van der Waals surface area contributed by atoms with Crippen LogP contribution in [0.4, 0.5) is 5.69 Å². The van der Waals surface area contributed by atoms with E-state index < -0.39 is 40.0 Å². The Morgan fingerprint density at radius 2 is 1.59 bits per heavy atom. The molecule has 220 valence electrons. The predicted molar refractivity (Wildman–Crippen MR) is 163 cm³/mol. The number of amides is 2. The first-order valence-electron chi connectivity index (χ1n) is 12.9. The second-order valence-corrected chi connectivity index (χ2v) is 13.4. The molecule has 0 spiro atoms. The number of nitrogens with zero attached hydrogens (tertiary/aromatic N) is 2. The minimum absolute atomic E-state index is 0.0255. The molecule has 3 rings (SSSR count). The molecule has 0 radical (unpaired) electrons. The number of nitrogens with one attached hydrogen (secondary N) is 1. The SMILES string of the molecule is COc1ccc(N(CC(=O)N(Cc2ccc(Cl)cc2Cl)[C@@H](C)C(=O)NC(C)(C)C)S(=O)(=O)c2ccc(C)cc2)cc1. The average molecular weight is 621 g/mol. The van der Waals surface area contributed by atoms with Crippen molar-refractivity contribution in [3.05, 3.63) is 87.9 Å². The van der Waals surface area contributed by atoms with Crippen LogP contribution < -0.4 is 14.4 Å². The fourth-order valence-corrected chi connectivity index (χ4v) is 5.89. The second kappa shape index (κ2) is 13.1. The zero-order valence-electron chi connectivity index (χ0n) is 23.9. The van der Waals surface area contributed by atoms with Crippen molar-refractivity contribution < 1.29 is 22.7 Å². The lowest BCUT2D eigenvalue weighted by atomic mass is 10.1. The zero-order chi connectivity index (χ0) is 30.5. The van der Waals surface area contributed by atoms with Gasteiger partial charge in [0.05, 0.1) is 17.7 Å². The number of rotatable bonds is 10. The van der Waals surface area contributed by atoms with Crippen molar-refractivity contribution >= 4 is 50.7 Å². The molecule has 0 saturated carbocycles. The van der Waals surface area contributed by atoms with Gasteiger partial charge in [0.15, 0.2) is 0 Å². The Labute approximate surface area is 252 Å². The molecule has 0 aromatic heterocycles. The van der Waals surface area contributed by atoms with Crippen molar-refractivity contribution in [3.8, 4) is 5.75 Å². The largest absolute Gasteiger partial charge is 0.497 e.